The highest BCUT2D eigenvalue weighted by atomic mass is 35.5. The molecule has 1 heterocycles. The number of carbonyl (C=O) groups is 2. The summed E-state index contributed by atoms with van der Waals surface area (Å²) in [6.07, 6.45) is 2.88. The number of fused-ring (bicyclic) bond motifs is 1. The predicted molar refractivity (Wildman–Crippen MR) is 112 cm³/mol. The predicted octanol–water partition coefficient (Wildman–Crippen LogP) is 3.30. The average molecular weight is 420 g/mol. The van der Waals surface area contributed by atoms with Crippen molar-refractivity contribution < 1.29 is 14.3 Å². The summed E-state index contributed by atoms with van der Waals surface area (Å²) < 4.78 is 5.32. The van der Waals surface area contributed by atoms with Gasteiger partial charge in [0.05, 0.1) is 13.2 Å². The minimum absolute atomic E-state index is 0.0318. The number of benzene rings is 1. The molecule has 0 radical (unpaired) electrons. The molecule has 0 spiro atoms. The van der Waals surface area contributed by atoms with Gasteiger partial charge in [0.15, 0.2) is 0 Å². The van der Waals surface area contributed by atoms with Gasteiger partial charge in [-0.1, -0.05) is 25.4 Å². The van der Waals surface area contributed by atoms with E-state index in [1.54, 1.807) is 24.3 Å². The van der Waals surface area contributed by atoms with E-state index in [9.17, 15) is 9.59 Å². The Bertz CT molecular complexity index is 751. The molecular formula is C22H30ClN3O3. The van der Waals surface area contributed by atoms with E-state index in [0.717, 1.165) is 19.3 Å². The molecule has 1 saturated heterocycles. The Morgan fingerprint density at radius 3 is 2.41 bits per heavy atom. The quantitative estimate of drug-likeness (QED) is 0.769. The molecule has 1 aromatic rings. The van der Waals surface area contributed by atoms with E-state index in [4.69, 9.17) is 16.3 Å². The number of morpholine rings is 1. The fraction of sp³-hybridized carbons (Fsp3) is 0.636. The minimum atomic E-state index is -0.0446. The summed E-state index contributed by atoms with van der Waals surface area (Å²) in [5, 5.41) is 7.08. The molecule has 3 amide bonds. The van der Waals surface area contributed by atoms with Crippen LogP contribution in [0.1, 0.15) is 43.5 Å². The molecule has 6 nitrogen and oxygen atoms in total. The van der Waals surface area contributed by atoms with Crippen molar-refractivity contribution in [2.24, 2.45) is 17.3 Å². The molecule has 2 aliphatic carbocycles. The number of amides is 3. The van der Waals surface area contributed by atoms with E-state index in [-0.39, 0.29) is 29.4 Å². The highest BCUT2D eigenvalue weighted by Gasteiger charge is 2.68. The lowest BCUT2D eigenvalue weighted by atomic mass is 9.86. The van der Waals surface area contributed by atoms with Crippen LogP contribution in [-0.4, -0.2) is 55.2 Å². The Hall–Kier alpha value is -1.79. The highest BCUT2D eigenvalue weighted by Crippen LogP contribution is 2.69. The lowest BCUT2D eigenvalue weighted by Gasteiger charge is -2.31. The molecule has 2 N–H and O–H groups in total. The molecular weight excluding hydrogens is 390 g/mol. The molecule has 2 saturated carbocycles. The van der Waals surface area contributed by atoms with Crippen LogP contribution in [0.5, 0.6) is 0 Å². The highest BCUT2D eigenvalue weighted by molar-refractivity contribution is 6.30. The molecule has 0 bridgehead atoms. The summed E-state index contributed by atoms with van der Waals surface area (Å²) in [6.45, 7) is 6.98. The fourth-order valence-electron chi connectivity index (χ4n) is 5.48. The zero-order chi connectivity index (χ0) is 20.6. The van der Waals surface area contributed by atoms with Gasteiger partial charge in [-0.3, -0.25) is 4.79 Å². The first-order valence-electron chi connectivity index (χ1n) is 10.6. The number of hydrogen-bond donors (Lipinski definition) is 2. The smallest absolute Gasteiger partial charge is 0.317 e. The molecule has 7 heteroatoms. The third kappa shape index (κ3) is 3.97. The van der Waals surface area contributed by atoms with Gasteiger partial charge in [-0.2, -0.15) is 0 Å². The van der Waals surface area contributed by atoms with E-state index in [0.29, 0.717) is 48.7 Å². The summed E-state index contributed by atoms with van der Waals surface area (Å²) in [6, 6.07) is 7.41. The lowest BCUT2D eigenvalue weighted by Crippen LogP contribution is -2.49. The van der Waals surface area contributed by atoms with Gasteiger partial charge in [0, 0.05) is 35.8 Å². The molecule has 1 aromatic carbocycles. The Morgan fingerprint density at radius 1 is 1.21 bits per heavy atom. The topological polar surface area (TPSA) is 70.7 Å². The van der Waals surface area contributed by atoms with Gasteiger partial charge in [-0.15, -0.1) is 0 Å². The van der Waals surface area contributed by atoms with Crippen LogP contribution in [-0.2, 0) is 4.74 Å². The number of urea groups is 1. The fourth-order valence-corrected chi connectivity index (χ4v) is 5.60. The van der Waals surface area contributed by atoms with Crippen LogP contribution in [0.15, 0.2) is 24.3 Å². The van der Waals surface area contributed by atoms with Gasteiger partial charge < -0.3 is 20.3 Å². The van der Waals surface area contributed by atoms with E-state index in [1.807, 2.05) is 4.90 Å². The summed E-state index contributed by atoms with van der Waals surface area (Å²) in [5.41, 5.74) is 0.745. The van der Waals surface area contributed by atoms with Gasteiger partial charge in [0.25, 0.3) is 5.91 Å². The first-order valence-corrected chi connectivity index (χ1v) is 11.0. The van der Waals surface area contributed by atoms with Gasteiger partial charge in [0.2, 0.25) is 0 Å². The van der Waals surface area contributed by atoms with Gasteiger partial charge in [-0.25, -0.2) is 4.79 Å². The second-order valence-electron chi connectivity index (χ2n) is 8.74. The van der Waals surface area contributed by atoms with Crippen molar-refractivity contribution in [3.05, 3.63) is 34.9 Å². The zero-order valence-electron chi connectivity index (χ0n) is 17.1. The van der Waals surface area contributed by atoms with E-state index in [2.05, 4.69) is 24.5 Å². The largest absolute Gasteiger partial charge is 0.378 e. The second kappa shape index (κ2) is 8.15. The van der Waals surface area contributed by atoms with Crippen LogP contribution in [0.25, 0.3) is 0 Å². The normalized spacial score (nSPS) is 31.7. The van der Waals surface area contributed by atoms with Gasteiger partial charge in [-0.05, 0) is 60.8 Å². The number of hydrogen-bond acceptors (Lipinski definition) is 3. The lowest BCUT2D eigenvalue weighted by molar-refractivity contribution is 0.0523. The summed E-state index contributed by atoms with van der Waals surface area (Å²) in [7, 11) is 0. The Kier molecular flexibility index (Phi) is 5.76. The molecule has 3 unspecified atom stereocenters. The monoisotopic (exact) mass is 419 g/mol. The first kappa shape index (κ1) is 20.5. The molecule has 4 rings (SSSR count). The van der Waals surface area contributed by atoms with Crippen LogP contribution in [0.4, 0.5) is 4.79 Å². The van der Waals surface area contributed by atoms with Crippen molar-refractivity contribution in [3.63, 3.8) is 0 Å². The summed E-state index contributed by atoms with van der Waals surface area (Å²) >= 11 is 5.92. The molecule has 29 heavy (non-hydrogen) atoms. The van der Waals surface area contributed by atoms with E-state index >= 15 is 0 Å². The van der Waals surface area contributed by atoms with E-state index in [1.165, 1.54) is 0 Å². The minimum Gasteiger partial charge on any atom is -0.378 e. The van der Waals surface area contributed by atoms with Crippen molar-refractivity contribution >= 4 is 23.5 Å². The SMILES string of the molecule is CCC(NC(=O)c1ccc(Cl)cc1)C1(C)[C@@H]2CC(NC(=O)N3CCOCC3)C[C@@H]21. The van der Waals surface area contributed by atoms with Crippen molar-refractivity contribution in [2.45, 2.75) is 45.2 Å². The third-order valence-electron chi connectivity index (χ3n) is 7.25. The molecule has 3 fully saturated rings. The number of nitrogens with one attached hydrogen (secondary N) is 2. The van der Waals surface area contributed by atoms with Gasteiger partial charge >= 0.3 is 6.03 Å². The molecule has 0 aromatic heterocycles. The maximum absolute atomic E-state index is 12.7. The molecule has 158 valence electrons. The zero-order valence-corrected chi connectivity index (χ0v) is 17.9. The Labute approximate surface area is 177 Å². The number of ether oxygens (including phenoxy) is 1. The first-order chi connectivity index (χ1) is 13.9. The second-order valence-corrected chi connectivity index (χ2v) is 9.17. The molecule has 5 atom stereocenters. The maximum atomic E-state index is 12.7. The molecule has 1 aliphatic heterocycles. The van der Waals surface area contributed by atoms with Crippen LogP contribution >= 0.6 is 11.6 Å². The number of nitrogens with zero attached hydrogens (tertiary/aromatic N) is 1. The van der Waals surface area contributed by atoms with Crippen molar-refractivity contribution in [1.29, 1.82) is 0 Å². The van der Waals surface area contributed by atoms with Crippen molar-refractivity contribution in [1.82, 2.24) is 15.5 Å². The summed E-state index contributed by atoms with van der Waals surface area (Å²) in [4.78, 5) is 27.0. The standard InChI is InChI=1S/C22H30ClN3O3/c1-3-19(25-20(27)14-4-6-15(23)7-5-14)22(2)17-12-16(13-18(17)22)24-21(28)26-8-10-29-11-9-26/h4-7,16-19H,3,8-13H2,1-2H3,(H,24,28)(H,25,27)/t16?,17-,18+,19?,22?. The average Bonchev–Trinajstić information content (AvgIpc) is 3.07. The maximum Gasteiger partial charge on any atom is 0.317 e. The Balaban J connectivity index is 1.31. The number of halogens is 1. The third-order valence-corrected chi connectivity index (χ3v) is 7.50. The van der Waals surface area contributed by atoms with E-state index < -0.39 is 0 Å². The van der Waals surface area contributed by atoms with Crippen LogP contribution in [0.2, 0.25) is 5.02 Å². The van der Waals surface area contributed by atoms with Crippen LogP contribution in [0, 0.1) is 17.3 Å². The number of carbonyl (C=O) groups excluding carboxylic acids is 2. The van der Waals surface area contributed by atoms with Crippen molar-refractivity contribution in [3.8, 4) is 0 Å². The molecule has 3 aliphatic rings. The van der Waals surface area contributed by atoms with Crippen LogP contribution in [0.3, 0.4) is 0 Å². The van der Waals surface area contributed by atoms with Crippen molar-refractivity contribution in [2.75, 3.05) is 26.3 Å². The van der Waals surface area contributed by atoms with Gasteiger partial charge in [0.1, 0.15) is 0 Å². The summed E-state index contributed by atoms with van der Waals surface area (Å²) in [5.74, 6) is 1.05. The number of rotatable bonds is 5. The van der Waals surface area contributed by atoms with Crippen LogP contribution < -0.4 is 10.6 Å². The Morgan fingerprint density at radius 2 is 1.83 bits per heavy atom.